The summed E-state index contributed by atoms with van der Waals surface area (Å²) in [6, 6.07) is 0. The molecule has 0 atom stereocenters. The fraction of sp³-hybridized carbons (Fsp3) is 0.400. The zero-order chi connectivity index (χ0) is 19.8. The average Bonchev–Trinajstić information content (AvgIpc) is 2.68. The summed E-state index contributed by atoms with van der Waals surface area (Å²) in [6.45, 7) is 2.46. The third-order valence-corrected chi connectivity index (χ3v) is 3.52. The van der Waals surface area contributed by atoms with Gasteiger partial charge in [0, 0.05) is 6.42 Å². The lowest BCUT2D eigenvalue weighted by Gasteiger charge is -1.97. The topological polar surface area (TPSA) is 29.1 Å². The van der Waals surface area contributed by atoms with Gasteiger partial charge >= 0.3 is 0 Å². The fourth-order valence-corrected chi connectivity index (χ4v) is 2.09. The van der Waals surface area contributed by atoms with Crippen LogP contribution in [0.5, 0.6) is 0 Å². The molecule has 1 amide bonds. The summed E-state index contributed by atoms with van der Waals surface area (Å²) < 4.78 is 0. The Bertz CT molecular complexity index is 568. The molecule has 0 unspecified atom stereocenters. The van der Waals surface area contributed by atoms with Gasteiger partial charge in [-0.3, -0.25) is 4.79 Å². The summed E-state index contributed by atoms with van der Waals surface area (Å²) in [4.78, 5) is 11.3. The maximum atomic E-state index is 11.3. The van der Waals surface area contributed by atoms with E-state index in [2.05, 4.69) is 85.0 Å². The molecule has 0 saturated carbocycles. The quantitative estimate of drug-likeness (QED) is 0.271. The monoisotopic (exact) mass is 365 g/mol. The van der Waals surface area contributed by atoms with E-state index in [1.54, 1.807) is 0 Å². The fourth-order valence-electron chi connectivity index (χ4n) is 2.09. The van der Waals surface area contributed by atoms with Crippen LogP contribution in [0, 0.1) is 12.3 Å². The normalized spacial score (nSPS) is 12.4. The third kappa shape index (κ3) is 21.4. The van der Waals surface area contributed by atoms with Crippen LogP contribution in [0.3, 0.4) is 0 Å². The molecular weight excluding hydrogens is 330 g/mol. The Morgan fingerprint density at radius 1 is 0.741 bits per heavy atom. The van der Waals surface area contributed by atoms with Gasteiger partial charge in [0.25, 0.3) is 0 Å². The standard InChI is InChI=1S/C25H35NO/c1-3-5-6-7-8-9-10-11-12-13-14-15-16-17-18-19-20-21-22-23-25(27)26-24-4-2/h2,5-6,8-9,11-12,14-15,17-18,20-21H,3,7,10,13,16,19,22-24H2,1H3,(H,26,27). The van der Waals surface area contributed by atoms with E-state index in [0.29, 0.717) is 13.0 Å². The van der Waals surface area contributed by atoms with E-state index in [-0.39, 0.29) is 5.91 Å². The van der Waals surface area contributed by atoms with Crippen LogP contribution in [0.2, 0.25) is 0 Å². The number of terminal acetylenes is 1. The van der Waals surface area contributed by atoms with Crippen molar-refractivity contribution in [1.29, 1.82) is 0 Å². The molecule has 0 aliphatic carbocycles. The van der Waals surface area contributed by atoms with E-state index in [9.17, 15) is 4.79 Å². The van der Waals surface area contributed by atoms with Crippen molar-refractivity contribution in [1.82, 2.24) is 5.32 Å². The Morgan fingerprint density at radius 3 is 1.56 bits per heavy atom. The van der Waals surface area contributed by atoms with Crippen molar-refractivity contribution in [3.63, 3.8) is 0 Å². The Hall–Kier alpha value is -2.53. The first kappa shape index (κ1) is 24.5. The summed E-state index contributed by atoms with van der Waals surface area (Å²) in [5, 5.41) is 2.65. The molecular formula is C25H35NO. The molecule has 0 fully saturated rings. The number of amides is 1. The van der Waals surface area contributed by atoms with E-state index in [1.165, 1.54) is 0 Å². The van der Waals surface area contributed by atoms with E-state index >= 15 is 0 Å². The predicted molar refractivity (Wildman–Crippen MR) is 119 cm³/mol. The van der Waals surface area contributed by atoms with E-state index in [0.717, 1.165) is 44.9 Å². The van der Waals surface area contributed by atoms with Crippen LogP contribution in [-0.2, 0) is 4.79 Å². The molecule has 2 heteroatoms. The highest BCUT2D eigenvalue weighted by Gasteiger charge is 1.95. The largest absolute Gasteiger partial charge is 0.345 e. The summed E-state index contributed by atoms with van der Waals surface area (Å²) in [5.41, 5.74) is 0. The number of nitrogens with one attached hydrogen (secondary N) is 1. The Morgan fingerprint density at radius 2 is 1.15 bits per heavy atom. The van der Waals surface area contributed by atoms with E-state index in [4.69, 9.17) is 6.42 Å². The van der Waals surface area contributed by atoms with Gasteiger partial charge < -0.3 is 5.32 Å². The second kappa shape index (κ2) is 21.5. The maximum Gasteiger partial charge on any atom is 0.221 e. The minimum atomic E-state index is 0.00692. The highest BCUT2D eigenvalue weighted by atomic mass is 16.1. The first-order valence-electron chi connectivity index (χ1n) is 9.91. The smallest absolute Gasteiger partial charge is 0.221 e. The second-order valence-corrected chi connectivity index (χ2v) is 5.93. The average molecular weight is 366 g/mol. The lowest BCUT2D eigenvalue weighted by atomic mass is 10.2. The molecule has 146 valence electrons. The summed E-state index contributed by atoms with van der Waals surface area (Å²) in [6.07, 6.45) is 38.4. The number of rotatable bonds is 15. The van der Waals surface area contributed by atoms with Crippen LogP contribution in [-0.4, -0.2) is 12.5 Å². The summed E-state index contributed by atoms with van der Waals surface area (Å²) >= 11 is 0. The lowest BCUT2D eigenvalue weighted by Crippen LogP contribution is -2.22. The first-order chi connectivity index (χ1) is 13.3. The molecule has 0 saturated heterocycles. The SMILES string of the molecule is C#CCNC(=O)CCC=CCC=CCC=CCC=CCC=CCC=CCC. The van der Waals surface area contributed by atoms with Crippen molar-refractivity contribution in [2.24, 2.45) is 0 Å². The molecule has 0 heterocycles. The molecule has 2 nitrogen and oxygen atoms in total. The highest BCUT2D eigenvalue weighted by molar-refractivity contribution is 5.76. The Kier molecular flexibility index (Phi) is 19.5. The van der Waals surface area contributed by atoms with Crippen molar-refractivity contribution >= 4 is 5.91 Å². The van der Waals surface area contributed by atoms with Gasteiger partial charge in [-0.2, -0.15) is 0 Å². The van der Waals surface area contributed by atoms with Gasteiger partial charge in [0.05, 0.1) is 6.54 Å². The minimum absolute atomic E-state index is 0.00692. The Labute approximate surface area is 166 Å². The lowest BCUT2D eigenvalue weighted by molar-refractivity contribution is -0.120. The molecule has 0 aliphatic heterocycles. The Balaban J connectivity index is 3.56. The van der Waals surface area contributed by atoms with Gasteiger partial charge in [0.1, 0.15) is 0 Å². The van der Waals surface area contributed by atoms with E-state index < -0.39 is 0 Å². The molecule has 0 spiro atoms. The van der Waals surface area contributed by atoms with Gasteiger partial charge in [-0.25, -0.2) is 0 Å². The molecule has 0 radical (unpaired) electrons. The van der Waals surface area contributed by atoms with Crippen LogP contribution < -0.4 is 5.32 Å². The minimum Gasteiger partial charge on any atom is -0.345 e. The van der Waals surface area contributed by atoms with Crippen LogP contribution >= 0.6 is 0 Å². The molecule has 0 rings (SSSR count). The molecule has 0 aromatic heterocycles. The molecule has 0 aliphatic rings. The van der Waals surface area contributed by atoms with Crippen molar-refractivity contribution in [3.05, 3.63) is 72.9 Å². The summed E-state index contributed by atoms with van der Waals surface area (Å²) in [7, 11) is 0. The molecule has 1 N–H and O–H groups in total. The molecule has 0 aromatic carbocycles. The third-order valence-electron chi connectivity index (χ3n) is 3.52. The predicted octanol–water partition coefficient (Wildman–Crippen LogP) is 6.21. The van der Waals surface area contributed by atoms with Crippen LogP contribution in [0.1, 0.15) is 58.3 Å². The van der Waals surface area contributed by atoms with Gasteiger partial charge in [-0.15, -0.1) is 6.42 Å². The van der Waals surface area contributed by atoms with Crippen molar-refractivity contribution in [2.75, 3.05) is 6.54 Å². The van der Waals surface area contributed by atoms with Gasteiger partial charge in [0.2, 0.25) is 5.91 Å². The van der Waals surface area contributed by atoms with Gasteiger partial charge in [0.15, 0.2) is 0 Å². The molecule has 0 aromatic rings. The number of hydrogen-bond donors (Lipinski definition) is 1. The molecule has 0 bridgehead atoms. The number of allylic oxidation sites excluding steroid dienone is 12. The first-order valence-corrected chi connectivity index (χ1v) is 9.91. The van der Waals surface area contributed by atoms with Crippen molar-refractivity contribution in [3.8, 4) is 12.3 Å². The number of carbonyl (C=O) groups excluding carboxylic acids is 1. The van der Waals surface area contributed by atoms with E-state index in [1.807, 2.05) is 6.08 Å². The van der Waals surface area contributed by atoms with Crippen molar-refractivity contribution < 1.29 is 4.79 Å². The zero-order valence-electron chi connectivity index (χ0n) is 16.8. The zero-order valence-corrected chi connectivity index (χ0v) is 16.8. The maximum absolute atomic E-state index is 11.3. The second-order valence-electron chi connectivity index (χ2n) is 5.93. The number of hydrogen-bond acceptors (Lipinski definition) is 1. The summed E-state index contributed by atoms with van der Waals surface area (Å²) in [5.74, 6) is 2.39. The van der Waals surface area contributed by atoms with Crippen LogP contribution in [0.25, 0.3) is 0 Å². The van der Waals surface area contributed by atoms with Crippen LogP contribution in [0.15, 0.2) is 72.9 Å². The van der Waals surface area contributed by atoms with Gasteiger partial charge in [-0.1, -0.05) is 85.8 Å². The number of carbonyl (C=O) groups is 1. The van der Waals surface area contributed by atoms with Gasteiger partial charge in [-0.05, 0) is 44.9 Å². The molecule has 27 heavy (non-hydrogen) atoms. The van der Waals surface area contributed by atoms with Crippen LogP contribution in [0.4, 0.5) is 0 Å². The highest BCUT2D eigenvalue weighted by Crippen LogP contribution is 1.97. The van der Waals surface area contributed by atoms with Crippen molar-refractivity contribution in [2.45, 2.75) is 58.3 Å².